The van der Waals surface area contributed by atoms with E-state index in [2.05, 4.69) is 15.9 Å². The Labute approximate surface area is 277 Å². The fourth-order valence-electron chi connectivity index (χ4n) is 6.09. The molecule has 2 heterocycles. The Morgan fingerprint density at radius 1 is 1.11 bits per heavy atom. The van der Waals surface area contributed by atoms with Crippen LogP contribution in [0.1, 0.15) is 39.0 Å². The first-order valence-corrected chi connectivity index (χ1v) is 18.8. The minimum atomic E-state index is -3.86. The van der Waals surface area contributed by atoms with Crippen LogP contribution in [0.5, 0.6) is 11.5 Å². The lowest BCUT2D eigenvalue weighted by molar-refractivity contribution is -0.0319. The quantitative estimate of drug-likeness (QED) is 0.274. The minimum Gasteiger partial charge on any atom is -0.492 e. The number of hydrogen-bond donors (Lipinski definition) is 3. The molecule has 16 heteroatoms. The number of benzene rings is 2. The van der Waals surface area contributed by atoms with Crippen molar-refractivity contribution in [3.05, 3.63) is 46.9 Å². The summed E-state index contributed by atoms with van der Waals surface area (Å²) in [5, 5.41) is 30.3. The average Bonchev–Trinajstić information content (AvgIpc) is 3.75. The zero-order valence-corrected chi connectivity index (χ0v) is 28.6. The zero-order valence-electron chi connectivity index (χ0n) is 25.4. The van der Waals surface area contributed by atoms with Gasteiger partial charge in [-0.25, -0.2) is 21.6 Å². The lowest BCUT2D eigenvalue weighted by atomic mass is 9.88. The van der Waals surface area contributed by atoms with Gasteiger partial charge in [-0.3, -0.25) is 0 Å². The van der Waals surface area contributed by atoms with Gasteiger partial charge >= 0.3 is 6.09 Å². The van der Waals surface area contributed by atoms with Gasteiger partial charge in [0.05, 0.1) is 47.7 Å². The summed E-state index contributed by atoms with van der Waals surface area (Å²) in [4.78, 5) is 13.4. The first-order valence-electron chi connectivity index (χ1n) is 15.1. The van der Waals surface area contributed by atoms with Crippen LogP contribution in [0.15, 0.2) is 56.7 Å². The molecule has 0 radical (unpaired) electrons. The molecule has 2 atom stereocenters. The van der Waals surface area contributed by atoms with Crippen molar-refractivity contribution < 1.29 is 51.2 Å². The van der Waals surface area contributed by atoms with E-state index in [1.807, 2.05) is 0 Å². The van der Waals surface area contributed by atoms with Gasteiger partial charge < -0.3 is 34.4 Å². The molecule has 1 amide bonds. The Morgan fingerprint density at radius 3 is 2.46 bits per heavy atom. The number of nitrogens with zero attached hydrogens (tertiary/aromatic N) is 2. The molecule has 254 valence electrons. The van der Waals surface area contributed by atoms with E-state index in [-0.39, 0.29) is 54.1 Å². The number of aliphatic hydroxyl groups is 2. The molecule has 3 N–H and O–H groups in total. The van der Waals surface area contributed by atoms with Crippen LogP contribution in [0.2, 0.25) is 0 Å². The molecule has 13 nitrogen and oxygen atoms in total. The lowest BCUT2D eigenvalue weighted by Gasteiger charge is -2.38. The topological polar surface area (TPSA) is 180 Å². The standard InChI is InChI=1S/C30H39BrN2O11S2/c1-2-42-26-7-6-21(31)14-27(26)46(40,41)32-12-10-29(11-13-32)16-22(18-44-29)33(28(36)37)17-23(35)19-43-24-4-3-5-25(15-24)45(38,39)30(20-34)8-9-30/h3-7,14-15,22-23,34-35H,2,8-13,16-20H2,1H3,(H,36,37)/t22-,23-/m0/s1. The molecule has 0 unspecified atom stereocenters. The number of rotatable bonds is 13. The second-order valence-corrected chi connectivity index (χ2v) is 17.2. The predicted molar refractivity (Wildman–Crippen MR) is 169 cm³/mol. The molecule has 3 aliphatic rings. The third kappa shape index (κ3) is 7.03. The normalized spacial score (nSPS) is 21.5. The second kappa shape index (κ2) is 13.6. The van der Waals surface area contributed by atoms with Crippen LogP contribution in [-0.2, 0) is 24.6 Å². The van der Waals surface area contributed by atoms with Crippen LogP contribution in [0, 0.1) is 0 Å². The predicted octanol–water partition coefficient (Wildman–Crippen LogP) is 2.88. The number of sulfone groups is 1. The Kier molecular flexibility index (Phi) is 10.3. The number of carboxylic acid groups (broad SMARTS) is 1. The van der Waals surface area contributed by atoms with Crippen LogP contribution in [0.3, 0.4) is 0 Å². The van der Waals surface area contributed by atoms with Crippen molar-refractivity contribution in [2.75, 3.05) is 46.1 Å². The third-order valence-electron chi connectivity index (χ3n) is 8.96. The van der Waals surface area contributed by atoms with E-state index in [1.54, 1.807) is 19.1 Å². The maximum Gasteiger partial charge on any atom is 0.407 e. The van der Waals surface area contributed by atoms with Crippen molar-refractivity contribution in [1.82, 2.24) is 9.21 Å². The van der Waals surface area contributed by atoms with Crippen molar-refractivity contribution in [2.45, 2.75) is 71.3 Å². The molecule has 2 aromatic rings. The Morgan fingerprint density at radius 2 is 1.83 bits per heavy atom. The smallest absolute Gasteiger partial charge is 0.407 e. The van der Waals surface area contributed by atoms with Crippen molar-refractivity contribution in [3.8, 4) is 11.5 Å². The van der Waals surface area contributed by atoms with E-state index in [0.717, 1.165) is 4.90 Å². The van der Waals surface area contributed by atoms with Gasteiger partial charge in [0.25, 0.3) is 0 Å². The van der Waals surface area contributed by atoms with Crippen LogP contribution in [0.4, 0.5) is 4.79 Å². The van der Waals surface area contributed by atoms with Crippen LogP contribution < -0.4 is 9.47 Å². The summed E-state index contributed by atoms with van der Waals surface area (Å²) in [6.07, 6.45) is -0.621. The van der Waals surface area contributed by atoms with Gasteiger partial charge in [0.2, 0.25) is 10.0 Å². The fourth-order valence-corrected chi connectivity index (χ4v) is 10.0. The molecular weight excluding hydrogens is 708 g/mol. The number of amides is 1. The van der Waals surface area contributed by atoms with Gasteiger partial charge in [-0.15, -0.1) is 0 Å². The number of hydrogen-bond acceptors (Lipinski definition) is 10. The highest BCUT2D eigenvalue weighted by atomic mass is 79.9. The highest BCUT2D eigenvalue weighted by Gasteiger charge is 2.54. The first kappa shape index (κ1) is 34.9. The van der Waals surface area contributed by atoms with E-state index in [0.29, 0.717) is 43.2 Å². The summed E-state index contributed by atoms with van der Waals surface area (Å²) < 4.78 is 71.1. The minimum absolute atomic E-state index is 0.0109. The Hall–Kier alpha value is -2.47. The summed E-state index contributed by atoms with van der Waals surface area (Å²) in [5.41, 5.74) is -0.703. The lowest BCUT2D eigenvalue weighted by Crippen LogP contribution is -2.48. The molecule has 2 aliphatic heterocycles. The second-order valence-electron chi connectivity index (χ2n) is 12.0. The summed E-state index contributed by atoms with van der Waals surface area (Å²) in [6.45, 7) is 1.54. The van der Waals surface area contributed by atoms with Gasteiger partial charge in [-0.05, 0) is 75.4 Å². The van der Waals surface area contributed by atoms with E-state index in [1.165, 1.54) is 34.6 Å². The SMILES string of the molecule is CCOc1ccc(Br)cc1S(=O)(=O)N1CCC2(CC1)C[C@H](N(C[C@H](O)COc1cccc(S(=O)(=O)C3(CO)CC3)c1)C(=O)O)CO2. The van der Waals surface area contributed by atoms with Crippen LogP contribution in [0.25, 0.3) is 0 Å². The van der Waals surface area contributed by atoms with Gasteiger partial charge in [-0.2, -0.15) is 4.31 Å². The highest BCUT2D eigenvalue weighted by molar-refractivity contribution is 9.10. The van der Waals surface area contributed by atoms with Crippen LogP contribution in [-0.4, -0.2) is 116 Å². The van der Waals surface area contributed by atoms with E-state index < -0.39 is 55.1 Å². The molecule has 46 heavy (non-hydrogen) atoms. The molecule has 2 saturated heterocycles. The van der Waals surface area contributed by atoms with Crippen molar-refractivity contribution in [1.29, 1.82) is 0 Å². The monoisotopic (exact) mass is 746 g/mol. The van der Waals surface area contributed by atoms with Crippen molar-refractivity contribution >= 4 is 41.9 Å². The van der Waals surface area contributed by atoms with Gasteiger partial charge in [-0.1, -0.05) is 22.0 Å². The fraction of sp³-hybridized carbons (Fsp3) is 0.567. The molecule has 1 saturated carbocycles. The zero-order chi connectivity index (χ0) is 33.3. The summed E-state index contributed by atoms with van der Waals surface area (Å²) in [6, 6.07) is 10.1. The molecule has 2 aromatic carbocycles. The third-order valence-corrected chi connectivity index (χ3v) is 13.9. The van der Waals surface area contributed by atoms with Gasteiger partial charge in [0, 0.05) is 17.6 Å². The van der Waals surface area contributed by atoms with Gasteiger partial charge in [0.15, 0.2) is 9.84 Å². The molecule has 1 spiro atoms. The molecule has 3 fully saturated rings. The summed E-state index contributed by atoms with van der Waals surface area (Å²) in [7, 11) is -7.62. The highest BCUT2D eigenvalue weighted by Crippen LogP contribution is 2.46. The van der Waals surface area contributed by atoms with Crippen LogP contribution >= 0.6 is 15.9 Å². The maximum atomic E-state index is 13.5. The Balaban J connectivity index is 1.17. The maximum absolute atomic E-state index is 13.5. The molecule has 0 bridgehead atoms. The van der Waals surface area contributed by atoms with Crippen molar-refractivity contribution in [3.63, 3.8) is 0 Å². The number of aliphatic hydroxyl groups excluding tert-OH is 2. The number of piperidine rings is 1. The first-order chi connectivity index (χ1) is 21.8. The largest absolute Gasteiger partial charge is 0.492 e. The molecular formula is C30H39BrN2O11S2. The molecule has 0 aromatic heterocycles. The summed E-state index contributed by atoms with van der Waals surface area (Å²) >= 11 is 3.34. The molecule has 1 aliphatic carbocycles. The number of ether oxygens (including phenoxy) is 3. The average molecular weight is 748 g/mol. The molecule has 5 rings (SSSR count). The van der Waals surface area contributed by atoms with E-state index in [9.17, 15) is 36.9 Å². The van der Waals surface area contributed by atoms with Crippen molar-refractivity contribution in [2.24, 2.45) is 0 Å². The number of carbonyl (C=O) groups is 1. The van der Waals surface area contributed by atoms with Gasteiger partial charge in [0.1, 0.15) is 29.1 Å². The number of halogens is 1. The number of sulfonamides is 1. The Bertz CT molecular complexity index is 1640. The van der Waals surface area contributed by atoms with E-state index >= 15 is 0 Å². The summed E-state index contributed by atoms with van der Waals surface area (Å²) in [5.74, 6) is 0.464. The van der Waals surface area contributed by atoms with E-state index in [4.69, 9.17) is 14.2 Å².